The van der Waals surface area contributed by atoms with Gasteiger partial charge in [0.15, 0.2) is 0 Å². The van der Waals surface area contributed by atoms with Crippen molar-refractivity contribution in [2.24, 2.45) is 5.92 Å². The lowest BCUT2D eigenvalue weighted by Gasteiger charge is -2.37. The fourth-order valence-corrected chi connectivity index (χ4v) is 4.01. The van der Waals surface area contributed by atoms with Crippen LogP contribution in [-0.2, 0) is 9.53 Å². The Bertz CT molecular complexity index is 674. The van der Waals surface area contributed by atoms with Crippen molar-refractivity contribution in [3.05, 3.63) is 23.8 Å². The van der Waals surface area contributed by atoms with Crippen molar-refractivity contribution in [1.82, 2.24) is 5.32 Å². The van der Waals surface area contributed by atoms with Gasteiger partial charge in [-0.05, 0) is 43.4 Å². The topological polar surface area (TPSA) is 71.0 Å². The number of amides is 1. The van der Waals surface area contributed by atoms with Crippen LogP contribution < -0.4 is 15.0 Å². The van der Waals surface area contributed by atoms with Gasteiger partial charge in [-0.3, -0.25) is 4.79 Å². The molecule has 4 rings (SSSR count). The average Bonchev–Trinajstić information content (AvgIpc) is 3.39. The molecule has 0 aromatic heterocycles. The first-order valence-corrected chi connectivity index (χ1v) is 9.56. The zero-order valence-corrected chi connectivity index (χ0v) is 15.5. The van der Waals surface area contributed by atoms with Gasteiger partial charge in [-0.1, -0.05) is 0 Å². The Morgan fingerprint density at radius 2 is 2.15 bits per heavy atom. The molecule has 4 atom stereocenters. The Morgan fingerprint density at radius 3 is 2.85 bits per heavy atom. The number of aliphatic hydroxyl groups is 1. The highest BCUT2D eigenvalue weighted by Crippen LogP contribution is 2.47. The number of rotatable bonds is 6. The largest absolute Gasteiger partial charge is 0.487 e. The minimum Gasteiger partial charge on any atom is -0.487 e. The van der Waals surface area contributed by atoms with Gasteiger partial charge in [0.25, 0.3) is 0 Å². The molecule has 1 aliphatic carbocycles. The Labute approximate surface area is 154 Å². The first kappa shape index (κ1) is 17.6. The van der Waals surface area contributed by atoms with Crippen molar-refractivity contribution in [3.63, 3.8) is 0 Å². The van der Waals surface area contributed by atoms with Gasteiger partial charge in [0.05, 0.1) is 19.1 Å². The third-order valence-electron chi connectivity index (χ3n) is 5.70. The van der Waals surface area contributed by atoms with Crippen molar-refractivity contribution in [3.8, 4) is 5.75 Å². The molecule has 1 saturated heterocycles. The number of carbonyl (C=O) groups excluding carboxylic acids is 1. The second-order valence-electron chi connectivity index (χ2n) is 7.97. The van der Waals surface area contributed by atoms with Crippen LogP contribution >= 0.6 is 0 Å². The van der Waals surface area contributed by atoms with Gasteiger partial charge < -0.3 is 24.8 Å². The molecule has 26 heavy (non-hydrogen) atoms. The maximum absolute atomic E-state index is 12.2. The van der Waals surface area contributed by atoms with Crippen molar-refractivity contribution >= 4 is 11.6 Å². The second-order valence-corrected chi connectivity index (χ2v) is 7.97. The van der Waals surface area contributed by atoms with Crippen LogP contribution in [0.15, 0.2) is 18.2 Å². The van der Waals surface area contributed by atoms with E-state index in [4.69, 9.17) is 9.47 Å². The Kier molecular flexibility index (Phi) is 4.80. The summed E-state index contributed by atoms with van der Waals surface area (Å²) >= 11 is 0. The molecule has 2 heterocycles. The molecule has 1 aromatic rings. The first-order valence-electron chi connectivity index (χ1n) is 9.56. The summed E-state index contributed by atoms with van der Waals surface area (Å²) in [6.07, 6.45) is 2.75. The SMILES string of the molecule is CN(C)c1ccc2c(c1)[C@@H]1C[C@@H](CC(=O)NCC3CC3)O[C@@H](CO)[C@@H]1O2. The summed E-state index contributed by atoms with van der Waals surface area (Å²) in [5.41, 5.74) is 2.28. The molecule has 142 valence electrons. The summed E-state index contributed by atoms with van der Waals surface area (Å²) in [5.74, 6) is 1.72. The maximum atomic E-state index is 12.2. The quantitative estimate of drug-likeness (QED) is 0.807. The number of carbonyl (C=O) groups is 1. The van der Waals surface area contributed by atoms with E-state index in [2.05, 4.69) is 16.3 Å². The molecule has 6 heteroatoms. The second kappa shape index (κ2) is 7.08. The monoisotopic (exact) mass is 360 g/mol. The first-order chi connectivity index (χ1) is 12.5. The third kappa shape index (κ3) is 3.53. The summed E-state index contributed by atoms with van der Waals surface area (Å²) in [5, 5.41) is 12.8. The summed E-state index contributed by atoms with van der Waals surface area (Å²) in [6.45, 7) is 0.676. The molecule has 0 radical (unpaired) electrons. The van der Waals surface area contributed by atoms with E-state index >= 15 is 0 Å². The summed E-state index contributed by atoms with van der Waals surface area (Å²) in [7, 11) is 4.03. The van der Waals surface area contributed by atoms with E-state index in [1.807, 2.05) is 26.2 Å². The number of hydrogen-bond donors (Lipinski definition) is 2. The maximum Gasteiger partial charge on any atom is 0.222 e. The number of benzene rings is 1. The summed E-state index contributed by atoms with van der Waals surface area (Å²) in [4.78, 5) is 14.3. The third-order valence-corrected chi connectivity index (χ3v) is 5.70. The van der Waals surface area contributed by atoms with E-state index < -0.39 is 6.10 Å². The lowest BCUT2D eigenvalue weighted by molar-refractivity contribution is -0.142. The molecule has 1 amide bonds. The lowest BCUT2D eigenvalue weighted by Crippen LogP contribution is -2.47. The van der Waals surface area contributed by atoms with Gasteiger partial charge in [0, 0.05) is 37.8 Å². The fraction of sp³-hybridized carbons (Fsp3) is 0.650. The molecule has 2 fully saturated rings. The molecule has 1 aromatic carbocycles. The minimum absolute atomic E-state index is 0.0400. The van der Waals surface area contributed by atoms with E-state index in [0.29, 0.717) is 12.3 Å². The summed E-state index contributed by atoms with van der Waals surface area (Å²) in [6, 6.07) is 6.19. The number of nitrogens with one attached hydrogen (secondary N) is 1. The molecule has 0 spiro atoms. The number of aliphatic hydroxyl groups excluding tert-OH is 1. The standard InChI is InChI=1S/C20H28N2O4/c1-22(2)13-5-6-17-15(7-13)16-8-14(25-18(11-23)20(16)26-17)9-19(24)21-10-12-3-4-12/h5-7,12,14,16,18,20,23H,3-4,8-11H2,1-2H3,(H,21,24)/t14-,16-,18-,20+/m0/s1. The highest BCUT2D eigenvalue weighted by molar-refractivity contribution is 5.76. The van der Waals surface area contributed by atoms with Crippen LogP contribution in [0.3, 0.4) is 0 Å². The highest BCUT2D eigenvalue weighted by atomic mass is 16.6. The van der Waals surface area contributed by atoms with Gasteiger partial charge in [0.1, 0.15) is 18.0 Å². The zero-order valence-electron chi connectivity index (χ0n) is 15.5. The van der Waals surface area contributed by atoms with Gasteiger partial charge in [-0.2, -0.15) is 0 Å². The zero-order chi connectivity index (χ0) is 18.3. The normalized spacial score (nSPS) is 29.5. The van der Waals surface area contributed by atoms with Crippen molar-refractivity contribution < 1.29 is 19.4 Å². The number of hydrogen-bond acceptors (Lipinski definition) is 5. The van der Waals surface area contributed by atoms with Crippen molar-refractivity contribution in [2.45, 2.75) is 49.9 Å². The molecule has 0 unspecified atom stereocenters. The molecular weight excluding hydrogens is 332 g/mol. The predicted molar refractivity (Wildman–Crippen MR) is 98.6 cm³/mol. The molecule has 2 aliphatic heterocycles. The number of nitrogens with zero attached hydrogens (tertiary/aromatic N) is 1. The number of anilines is 1. The smallest absolute Gasteiger partial charge is 0.222 e. The average molecular weight is 360 g/mol. The fourth-order valence-electron chi connectivity index (χ4n) is 4.01. The van der Waals surface area contributed by atoms with Crippen LogP contribution in [0.4, 0.5) is 5.69 Å². The van der Waals surface area contributed by atoms with E-state index in [1.54, 1.807) is 0 Å². The van der Waals surface area contributed by atoms with E-state index in [-0.39, 0.29) is 30.6 Å². The molecule has 6 nitrogen and oxygen atoms in total. The number of ether oxygens (including phenoxy) is 2. The number of fused-ring (bicyclic) bond motifs is 3. The Balaban J connectivity index is 1.47. The van der Waals surface area contributed by atoms with Crippen LogP contribution in [0.5, 0.6) is 5.75 Å². The molecular formula is C20H28N2O4. The molecule has 2 N–H and O–H groups in total. The van der Waals surface area contributed by atoms with E-state index in [9.17, 15) is 9.90 Å². The van der Waals surface area contributed by atoms with E-state index in [1.165, 1.54) is 12.8 Å². The Hall–Kier alpha value is -1.79. The molecule has 3 aliphatic rings. The van der Waals surface area contributed by atoms with Crippen LogP contribution in [-0.4, -0.2) is 56.6 Å². The lowest BCUT2D eigenvalue weighted by atomic mass is 9.84. The molecule has 1 saturated carbocycles. The summed E-state index contributed by atoms with van der Waals surface area (Å²) < 4.78 is 12.1. The van der Waals surface area contributed by atoms with Gasteiger partial charge in [0.2, 0.25) is 5.91 Å². The molecule has 0 bridgehead atoms. The Morgan fingerprint density at radius 1 is 1.35 bits per heavy atom. The van der Waals surface area contributed by atoms with Crippen LogP contribution in [0.1, 0.15) is 37.2 Å². The van der Waals surface area contributed by atoms with Crippen molar-refractivity contribution in [2.75, 3.05) is 32.1 Å². The highest BCUT2D eigenvalue weighted by Gasteiger charge is 2.46. The van der Waals surface area contributed by atoms with Gasteiger partial charge >= 0.3 is 0 Å². The van der Waals surface area contributed by atoms with Crippen molar-refractivity contribution in [1.29, 1.82) is 0 Å². The van der Waals surface area contributed by atoms with Crippen LogP contribution in [0.25, 0.3) is 0 Å². The van der Waals surface area contributed by atoms with Crippen LogP contribution in [0.2, 0.25) is 0 Å². The van der Waals surface area contributed by atoms with Gasteiger partial charge in [-0.15, -0.1) is 0 Å². The van der Waals surface area contributed by atoms with Crippen LogP contribution in [0, 0.1) is 5.92 Å². The minimum atomic E-state index is -0.398. The van der Waals surface area contributed by atoms with Gasteiger partial charge in [-0.25, -0.2) is 0 Å². The van der Waals surface area contributed by atoms with E-state index in [0.717, 1.165) is 30.0 Å². The predicted octanol–water partition coefficient (Wildman–Crippen LogP) is 1.66.